The van der Waals surface area contributed by atoms with Crippen LogP contribution in [-0.2, 0) is 184 Å². The number of aromatic amines is 5. The highest BCUT2D eigenvalue weighted by Gasteiger charge is 2.49. The topological polar surface area (TPSA) is 763 Å². The number of H-pyrrole nitrogens is 5. The number of anilines is 2. The van der Waals surface area contributed by atoms with Gasteiger partial charge >= 0.3 is 28.4 Å². The van der Waals surface area contributed by atoms with Crippen LogP contribution in [0.1, 0.15) is 130 Å². The van der Waals surface area contributed by atoms with Crippen molar-refractivity contribution in [2.45, 2.75) is 222 Å². The van der Waals surface area contributed by atoms with Crippen molar-refractivity contribution in [3.05, 3.63) is 188 Å². The third-order valence-electron chi connectivity index (χ3n) is 23.8. The second-order valence-electron chi connectivity index (χ2n) is 33.6. The van der Waals surface area contributed by atoms with Crippen LogP contribution in [0.4, 0.5) is 11.6 Å². The number of hydrogen-bond acceptors (Lipinski definition) is 53. The molecular formula is C72H88N20O38P7S7-7. The fourth-order valence-electron chi connectivity index (χ4n) is 16.7. The van der Waals surface area contributed by atoms with Crippen LogP contribution in [0.2, 0.25) is 0 Å². The number of hydrogen-bond donors (Lipinski definition) is 7. The number of aromatic nitrogens is 18. The summed E-state index contributed by atoms with van der Waals surface area (Å²) in [6, 6.07) is 0. The van der Waals surface area contributed by atoms with Gasteiger partial charge in [-0.1, -0.05) is 77.8 Å². The third-order valence-corrected chi connectivity index (χ3v) is 34.9. The van der Waals surface area contributed by atoms with E-state index in [1.54, 1.807) is 11.5 Å². The Kier molecular flexibility index (Phi) is 34.0. The molecule has 16 rings (SSSR count). The lowest BCUT2D eigenvalue weighted by Gasteiger charge is -2.36. The smallest absolute Gasteiger partial charge is 0.330 e. The highest BCUT2D eigenvalue weighted by atomic mass is 32.7. The molecule has 7 aliphatic rings. The van der Waals surface area contributed by atoms with E-state index >= 15 is 0 Å². The summed E-state index contributed by atoms with van der Waals surface area (Å²) in [5, 5.41) is 0. The molecule has 7 saturated heterocycles. The van der Waals surface area contributed by atoms with E-state index in [1.807, 2.05) is 0 Å². The molecule has 0 spiro atoms. The molecule has 72 heteroatoms. The first-order valence-electron chi connectivity index (χ1n) is 43.2. The first kappa shape index (κ1) is 110. The van der Waals surface area contributed by atoms with Gasteiger partial charge in [-0.05, 0) is 41.0 Å². The van der Waals surface area contributed by atoms with E-state index in [0.29, 0.717) is 17.6 Å². The summed E-state index contributed by atoms with van der Waals surface area (Å²) in [7, 11) is 1.00. The average Bonchev–Trinajstić information content (AvgIpc) is 1.63. The molecule has 0 aromatic carbocycles. The van der Waals surface area contributed by atoms with Gasteiger partial charge in [-0.3, -0.25) is 85.4 Å². The van der Waals surface area contributed by atoms with Gasteiger partial charge in [-0.15, -0.1) is 0 Å². The molecule has 7 fully saturated rings. The van der Waals surface area contributed by atoms with Gasteiger partial charge in [0.2, 0.25) is 0 Å². The van der Waals surface area contributed by atoms with Gasteiger partial charge in [0.1, 0.15) is 144 Å². The van der Waals surface area contributed by atoms with Crippen LogP contribution >= 0.6 is 47.1 Å². The van der Waals surface area contributed by atoms with Gasteiger partial charge in [-0.25, -0.2) is 53.9 Å². The largest absolute Gasteiger partial charge is 0.780 e. The van der Waals surface area contributed by atoms with Gasteiger partial charge in [0, 0.05) is 111 Å². The van der Waals surface area contributed by atoms with E-state index in [0.717, 1.165) is 54.7 Å². The maximum atomic E-state index is 14.9. The standard InChI is InChI=1S/C72H95N20O38P7S7/c1-8-36-37(9-55(117-36)91-29-79-57-59(73)75-27-77-61(57)91)125-132(104,139)111-26-49-43(15-56(123-49)92-30-80-58-60(74)76-28-78-62(58)92)130-137(109,144)116-25-48-42(14-54(122-48)90-20-35(6)67(97)85-72(90)102)129-136(108,143)115-24-47-41(13-53(121-47)89-19-34(5)66(96)84-71(89)101)128-135(107,142)114-23-46-40(12-52(120-46)88-18-33(4)65(95)83-70(88)100)127-134(106,141)113-22-45-39(11-51(119-45)87-17-32(3)64(94)82-69(87)99)126-133(105,140)112-21-44-38(124-131(103,138)110-7)10-50(118-44)86-16-31(2)63(93)81-68(86)98/h16-20,27-30,36-56H,8-15,21-26H2,1-7H3,(H,103,138)(H,104,139)(H,105,140)(H,106,141)(H,107,142)(H,108,143)(H,109,144)(H2,73,75,77)(H2,74,76,78)(H,81,93,98)(H,82,94,99)(H,83,95,100)(H,84,96,101)(H,85,97,102)/p-7/t36-,37?,38?,39?,40?,41?,42?,43?,44-,45-,46-,47-,48-,49-,50-,51-,52-,53-,54-,55-,56-,131?,132?,133?,134?,135?,136?,137?/m1/s1. The Morgan fingerprint density at radius 3 is 0.806 bits per heavy atom. The molecular weight excluding hydrogens is 2190 g/mol. The van der Waals surface area contributed by atoms with Crippen molar-refractivity contribution in [1.82, 2.24) is 86.8 Å². The number of fused-ring (bicyclic) bond motifs is 2. The van der Waals surface area contributed by atoms with Crippen LogP contribution in [-0.4, -0.2) is 219 Å². The van der Waals surface area contributed by atoms with Gasteiger partial charge in [0.05, 0.1) is 101 Å². The quantitative estimate of drug-likeness (QED) is 0.0150. The van der Waals surface area contributed by atoms with Gasteiger partial charge in [0.15, 0.2) is 29.7 Å². The first-order chi connectivity index (χ1) is 67.8. The van der Waals surface area contributed by atoms with Gasteiger partial charge in [-0.2, -0.15) is 0 Å². The minimum atomic E-state index is -5.10. The number of ether oxygens (including phenoxy) is 7. The number of nitrogens with one attached hydrogen (secondary N) is 5. The lowest BCUT2D eigenvalue weighted by atomic mass is 10.1. The summed E-state index contributed by atoms with van der Waals surface area (Å²) in [4.78, 5) is 252. The van der Waals surface area contributed by atoms with Crippen LogP contribution < -0.4 is 97.1 Å². The molecule has 58 nitrogen and oxygen atoms in total. The Morgan fingerprint density at radius 1 is 0.347 bits per heavy atom. The number of nitrogen functional groups attached to an aromatic ring is 2. The zero-order valence-corrected chi connectivity index (χ0v) is 87.7. The number of rotatable bonds is 41. The molecule has 144 heavy (non-hydrogen) atoms. The van der Waals surface area contributed by atoms with Crippen molar-refractivity contribution in [2.24, 2.45) is 0 Å². The van der Waals surface area contributed by atoms with Gasteiger partial charge < -0.3 is 150 Å². The summed E-state index contributed by atoms with van der Waals surface area (Å²) in [5.41, 5.74) is 4.45. The monoisotopic (exact) mass is 2280 g/mol. The van der Waals surface area contributed by atoms with E-state index in [4.69, 9.17) is 191 Å². The Morgan fingerprint density at radius 2 is 0.562 bits per heavy atom. The van der Waals surface area contributed by atoms with E-state index in [1.165, 1.54) is 70.7 Å². The molecule has 0 amide bonds. The molecule has 788 valence electrons. The van der Waals surface area contributed by atoms with Crippen molar-refractivity contribution in [3.8, 4) is 0 Å². The molecule has 7 aliphatic heterocycles. The molecule has 9 N–H and O–H groups in total. The summed E-state index contributed by atoms with van der Waals surface area (Å²) in [6.07, 6.45) is -20.2. The molecule has 0 aliphatic carbocycles. The number of nitrogens with zero attached hydrogens (tertiary/aromatic N) is 13. The fraction of sp³-hybridized carbons (Fsp3) is 0.583. The Bertz CT molecular complexity index is 7400. The number of aryl methyl sites for hydroxylation is 5. The van der Waals surface area contributed by atoms with Crippen LogP contribution in [0.3, 0.4) is 0 Å². The zero-order valence-electron chi connectivity index (χ0n) is 75.7. The minimum absolute atomic E-state index is 0.00692. The molecule has 9 aromatic heterocycles. The molecule has 9 aromatic rings. The van der Waals surface area contributed by atoms with Crippen LogP contribution in [0.5, 0.6) is 0 Å². The van der Waals surface area contributed by atoms with E-state index < -0.39 is 298 Å². The SMILES string of the molecule is CC[C@H]1O[C@@H](n2cnc3c(N)ncnc32)CC1OP([O-])(=S)OC[C@H]1O[C@@H](n2cnc3c(N)ncnc32)CC1OP(=O)([S-])OC[C@H]1O[C@@H](n2cc(C)c(=O)[nH]c2=O)CC1OP([O-])(=S)OC[C@H]1O[C@@H](n2cc(C)c(=O)[nH]c2=O)CC1OP([O-])(=S)OC[C@H]1O[C@@H](n2cc(C)c(=O)[nH]c2=O)CC1OP([O-])(=S)OC[C@H]1O[C@@H](n2cc(C)c(=O)[nH]c2=O)CC1OP([O-])(=S)OC[C@H]1O[C@@H](n2cc(C)c(=O)[nH]c2=O)CC1OP([O-])(=S)OC. The summed E-state index contributed by atoms with van der Waals surface area (Å²) >= 11 is 37.8. The predicted octanol–water partition coefficient (Wildman–Crippen LogP) is -2.85. The summed E-state index contributed by atoms with van der Waals surface area (Å²) in [6.45, 7) is -30.5. The molecule has 0 radical (unpaired) electrons. The zero-order chi connectivity index (χ0) is 104. The van der Waals surface area contributed by atoms with Crippen molar-refractivity contribution in [3.63, 3.8) is 0 Å². The Balaban J connectivity index is 0.603. The van der Waals surface area contributed by atoms with E-state index in [2.05, 4.69) is 54.8 Å². The Hall–Kier alpha value is -6.50. The summed E-state index contributed by atoms with van der Waals surface area (Å²) in [5.74, 6) is 0.132. The highest BCUT2D eigenvalue weighted by Crippen LogP contribution is 2.57. The molecule has 16 heterocycles. The second-order valence-corrected chi connectivity index (χ2v) is 52.7. The summed E-state index contributed by atoms with van der Waals surface area (Å²) < 4.78 is 147. The molecule has 0 bridgehead atoms. The average molecular weight is 2280 g/mol. The lowest BCUT2D eigenvalue weighted by molar-refractivity contribution is -0.221. The van der Waals surface area contributed by atoms with Gasteiger partial charge in [0.25, 0.3) is 27.8 Å². The highest BCUT2D eigenvalue weighted by molar-refractivity contribution is 8.32. The van der Waals surface area contributed by atoms with Crippen molar-refractivity contribution < 1.29 is 130 Å². The van der Waals surface area contributed by atoms with Crippen molar-refractivity contribution in [1.29, 1.82) is 0 Å². The van der Waals surface area contributed by atoms with Crippen LogP contribution in [0.25, 0.3) is 22.3 Å². The molecule has 14 unspecified atom stereocenters. The number of imidazole rings is 2. The molecule has 0 saturated carbocycles. The van der Waals surface area contributed by atoms with Crippen molar-refractivity contribution in [2.75, 3.05) is 58.2 Å². The number of nitrogens with two attached hydrogens (primary N) is 2. The molecule has 28 atom stereocenters. The third kappa shape index (κ3) is 25.9. The maximum Gasteiger partial charge on any atom is 0.330 e. The maximum absolute atomic E-state index is 14.9. The van der Waals surface area contributed by atoms with Crippen molar-refractivity contribution >= 4 is 164 Å². The van der Waals surface area contributed by atoms with E-state index in [-0.39, 0.29) is 69.9 Å². The Labute approximate surface area is 844 Å². The van der Waals surface area contributed by atoms with Crippen LogP contribution in [0, 0.1) is 34.6 Å². The first-order valence-corrected chi connectivity index (χ1v) is 61.1. The predicted molar refractivity (Wildman–Crippen MR) is 507 cm³/mol. The normalized spacial score (nSPS) is 29.7. The van der Waals surface area contributed by atoms with Crippen LogP contribution in [0.15, 0.2) is 104 Å². The lowest BCUT2D eigenvalue weighted by Crippen LogP contribution is -2.35. The fourth-order valence-corrected chi connectivity index (χ4v) is 26.4. The second kappa shape index (κ2) is 44.4. The van der Waals surface area contributed by atoms with E-state index in [9.17, 15) is 81.9 Å². The minimum Gasteiger partial charge on any atom is -0.780 e.